The number of ether oxygens (including phenoxy) is 3. The van der Waals surface area contributed by atoms with Gasteiger partial charge < -0.3 is 14.2 Å². The molecule has 0 aromatic heterocycles. The molecule has 0 aromatic carbocycles. The molecular formula is C47H90O6. The minimum atomic E-state index is -0.756. The average molecular weight is 751 g/mol. The third kappa shape index (κ3) is 41.4. The van der Waals surface area contributed by atoms with E-state index in [1.54, 1.807) is 0 Å². The normalized spacial score (nSPS) is 11.8. The largest absolute Gasteiger partial charge is 0.462 e. The molecule has 0 saturated heterocycles. The summed E-state index contributed by atoms with van der Waals surface area (Å²) >= 11 is 0. The maximum absolute atomic E-state index is 12.6. The summed E-state index contributed by atoms with van der Waals surface area (Å²) in [4.78, 5) is 37.4. The Morgan fingerprint density at radius 1 is 0.302 bits per heavy atom. The summed E-state index contributed by atoms with van der Waals surface area (Å²) in [5, 5.41) is 0. The molecule has 0 spiro atoms. The third-order valence-corrected chi connectivity index (χ3v) is 10.6. The average Bonchev–Trinajstić information content (AvgIpc) is 3.15. The van der Waals surface area contributed by atoms with Crippen LogP contribution in [0.2, 0.25) is 0 Å². The molecule has 1 unspecified atom stereocenters. The van der Waals surface area contributed by atoms with Crippen LogP contribution in [-0.4, -0.2) is 37.2 Å². The van der Waals surface area contributed by atoms with Gasteiger partial charge in [-0.1, -0.05) is 226 Å². The standard InChI is InChI=1S/C47H90O6/c1-4-7-10-13-16-17-18-19-20-21-22-23-24-25-26-27-28-29-32-34-37-40-46(49)52-43-44(53-47(50)41-38-35-31-15-12-9-6-3)42-51-45(48)39-36-33-30-14-11-8-5-2/h44H,4-43H2,1-3H3. The molecule has 0 saturated carbocycles. The quantitative estimate of drug-likeness (QED) is 0.0351. The first-order valence-electron chi connectivity index (χ1n) is 23.5. The zero-order chi connectivity index (χ0) is 38.7. The highest BCUT2D eigenvalue weighted by atomic mass is 16.6. The molecule has 0 aromatic rings. The van der Waals surface area contributed by atoms with Crippen molar-refractivity contribution >= 4 is 17.9 Å². The predicted molar refractivity (Wildman–Crippen MR) is 224 cm³/mol. The summed E-state index contributed by atoms with van der Waals surface area (Å²) in [7, 11) is 0. The van der Waals surface area contributed by atoms with Crippen molar-refractivity contribution in [2.24, 2.45) is 0 Å². The van der Waals surface area contributed by atoms with Crippen molar-refractivity contribution in [2.75, 3.05) is 13.2 Å². The van der Waals surface area contributed by atoms with E-state index in [1.165, 1.54) is 167 Å². The highest BCUT2D eigenvalue weighted by molar-refractivity contribution is 5.71. The van der Waals surface area contributed by atoms with Gasteiger partial charge in [-0.25, -0.2) is 0 Å². The van der Waals surface area contributed by atoms with E-state index in [2.05, 4.69) is 20.8 Å². The lowest BCUT2D eigenvalue weighted by Gasteiger charge is -2.18. The zero-order valence-corrected chi connectivity index (χ0v) is 35.8. The third-order valence-electron chi connectivity index (χ3n) is 10.6. The Labute approximate surface area is 329 Å². The molecule has 0 rings (SSSR count). The number of carbonyl (C=O) groups excluding carboxylic acids is 3. The van der Waals surface area contributed by atoms with Crippen molar-refractivity contribution < 1.29 is 28.6 Å². The SMILES string of the molecule is CCCCCCCCCCCCCCCCCCCCCCCC(=O)OCC(COC(=O)CCCCCCCCC)OC(=O)CCCCCCCCC. The first kappa shape index (κ1) is 51.4. The summed E-state index contributed by atoms with van der Waals surface area (Å²) in [6.07, 6.45) is 44.1. The molecule has 0 bridgehead atoms. The zero-order valence-electron chi connectivity index (χ0n) is 35.8. The predicted octanol–water partition coefficient (Wildman–Crippen LogP) is 14.9. The lowest BCUT2D eigenvalue weighted by molar-refractivity contribution is -0.167. The molecule has 0 aliphatic carbocycles. The second-order valence-electron chi connectivity index (χ2n) is 16.0. The van der Waals surface area contributed by atoms with E-state index in [9.17, 15) is 14.4 Å². The van der Waals surface area contributed by atoms with Crippen molar-refractivity contribution in [3.05, 3.63) is 0 Å². The molecule has 0 radical (unpaired) electrons. The molecule has 1 atom stereocenters. The summed E-state index contributed by atoms with van der Waals surface area (Å²) in [5.41, 5.74) is 0. The fraction of sp³-hybridized carbons (Fsp3) is 0.936. The van der Waals surface area contributed by atoms with E-state index < -0.39 is 6.10 Å². The van der Waals surface area contributed by atoms with Crippen LogP contribution in [0.15, 0.2) is 0 Å². The fourth-order valence-corrected chi connectivity index (χ4v) is 7.03. The summed E-state index contributed by atoms with van der Waals surface area (Å²) in [5.74, 6) is -0.866. The molecule has 314 valence electrons. The Hall–Kier alpha value is -1.59. The van der Waals surface area contributed by atoms with Crippen LogP contribution in [0.5, 0.6) is 0 Å². The summed E-state index contributed by atoms with van der Waals surface area (Å²) in [6, 6.07) is 0. The Balaban J connectivity index is 4.02. The van der Waals surface area contributed by atoms with Gasteiger partial charge in [-0.15, -0.1) is 0 Å². The fourth-order valence-electron chi connectivity index (χ4n) is 7.03. The van der Waals surface area contributed by atoms with Crippen LogP contribution in [0.1, 0.15) is 265 Å². The van der Waals surface area contributed by atoms with Gasteiger partial charge in [0.2, 0.25) is 0 Å². The van der Waals surface area contributed by atoms with Crippen LogP contribution in [0.25, 0.3) is 0 Å². The van der Waals surface area contributed by atoms with Crippen LogP contribution in [-0.2, 0) is 28.6 Å². The van der Waals surface area contributed by atoms with Gasteiger partial charge in [-0.3, -0.25) is 14.4 Å². The van der Waals surface area contributed by atoms with E-state index >= 15 is 0 Å². The van der Waals surface area contributed by atoms with Crippen molar-refractivity contribution in [1.82, 2.24) is 0 Å². The van der Waals surface area contributed by atoms with Crippen molar-refractivity contribution in [2.45, 2.75) is 271 Å². The van der Waals surface area contributed by atoms with Gasteiger partial charge in [0, 0.05) is 19.3 Å². The van der Waals surface area contributed by atoms with E-state index in [1.807, 2.05) is 0 Å². The van der Waals surface area contributed by atoms with E-state index in [0.29, 0.717) is 19.3 Å². The Kier molecular flexibility index (Phi) is 41.8. The lowest BCUT2D eigenvalue weighted by Crippen LogP contribution is -2.30. The van der Waals surface area contributed by atoms with Crippen LogP contribution in [0, 0.1) is 0 Å². The minimum Gasteiger partial charge on any atom is -0.462 e. The molecule has 0 fully saturated rings. The highest BCUT2D eigenvalue weighted by Gasteiger charge is 2.19. The Bertz CT molecular complexity index is 783. The molecule has 0 aliphatic heterocycles. The molecule has 0 amide bonds. The lowest BCUT2D eigenvalue weighted by atomic mass is 10.0. The monoisotopic (exact) mass is 751 g/mol. The van der Waals surface area contributed by atoms with Gasteiger partial charge in [-0.05, 0) is 19.3 Å². The van der Waals surface area contributed by atoms with Gasteiger partial charge in [0.05, 0.1) is 0 Å². The molecule has 0 heterocycles. The Morgan fingerprint density at radius 2 is 0.509 bits per heavy atom. The van der Waals surface area contributed by atoms with Crippen molar-refractivity contribution in [1.29, 1.82) is 0 Å². The molecule has 6 nitrogen and oxygen atoms in total. The van der Waals surface area contributed by atoms with Gasteiger partial charge in [-0.2, -0.15) is 0 Å². The van der Waals surface area contributed by atoms with Gasteiger partial charge >= 0.3 is 17.9 Å². The highest BCUT2D eigenvalue weighted by Crippen LogP contribution is 2.16. The molecular weight excluding hydrogens is 661 g/mol. The van der Waals surface area contributed by atoms with Crippen molar-refractivity contribution in [3.8, 4) is 0 Å². The van der Waals surface area contributed by atoms with Crippen LogP contribution < -0.4 is 0 Å². The van der Waals surface area contributed by atoms with Crippen LogP contribution in [0.4, 0.5) is 0 Å². The smallest absolute Gasteiger partial charge is 0.306 e. The number of unbranched alkanes of at least 4 members (excludes halogenated alkanes) is 32. The summed E-state index contributed by atoms with van der Waals surface area (Å²) < 4.78 is 16.6. The van der Waals surface area contributed by atoms with E-state index in [4.69, 9.17) is 14.2 Å². The first-order valence-corrected chi connectivity index (χ1v) is 23.5. The minimum absolute atomic E-state index is 0.0639. The summed E-state index contributed by atoms with van der Waals surface area (Å²) in [6.45, 7) is 6.58. The van der Waals surface area contributed by atoms with E-state index in [0.717, 1.165) is 57.8 Å². The van der Waals surface area contributed by atoms with Crippen LogP contribution >= 0.6 is 0 Å². The molecule has 0 N–H and O–H groups in total. The number of hydrogen-bond donors (Lipinski definition) is 0. The molecule has 0 aliphatic rings. The maximum atomic E-state index is 12.6. The van der Waals surface area contributed by atoms with Crippen LogP contribution in [0.3, 0.4) is 0 Å². The second-order valence-corrected chi connectivity index (χ2v) is 16.0. The first-order chi connectivity index (χ1) is 26.0. The van der Waals surface area contributed by atoms with Crippen molar-refractivity contribution in [3.63, 3.8) is 0 Å². The van der Waals surface area contributed by atoms with Gasteiger partial charge in [0.25, 0.3) is 0 Å². The Morgan fingerprint density at radius 3 is 0.755 bits per heavy atom. The second kappa shape index (κ2) is 43.1. The van der Waals surface area contributed by atoms with Gasteiger partial charge in [0.1, 0.15) is 13.2 Å². The number of rotatable bonds is 43. The molecule has 53 heavy (non-hydrogen) atoms. The van der Waals surface area contributed by atoms with Gasteiger partial charge in [0.15, 0.2) is 6.10 Å². The maximum Gasteiger partial charge on any atom is 0.306 e. The van der Waals surface area contributed by atoms with E-state index in [-0.39, 0.29) is 31.1 Å². The number of esters is 3. The molecule has 6 heteroatoms. The topological polar surface area (TPSA) is 78.9 Å². The number of hydrogen-bond acceptors (Lipinski definition) is 6. The number of carbonyl (C=O) groups is 3.